The molecule has 28 heavy (non-hydrogen) atoms. The molecule has 3 aromatic rings. The molecular formula is C21H28N6O. The van der Waals surface area contributed by atoms with Gasteiger partial charge in [0.15, 0.2) is 5.65 Å². The third-order valence-electron chi connectivity index (χ3n) is 5.54. The van der Waals surface area contributed by atoms with Crippen molar-refractivity contribution in [1.82, 2.24) is 24.6 Å². The van der Waals surface area contributed by atoms with Gasteiger partial charge in [0, 0.05) is 12.6 Å². The van der Waals surface area contributed by atoms with Crippen LogP contribution in [0.4, 0.5) is 5.95 Å². The molecule has 4 rings (SSSR count). The maximum atomic E-state index is 12.4. The number of nitrogens with one attached hydrogen (secondary N) is 2. The van der Waals surface area contributed by atoms with Gasteiger partial charge in [-0.25, -0.2) is 4.68 Å². The highest BCUT2D eigenvalue weighted by atomic mass is 16.1. The van der Waals surface area contributed by atoms with E-state index in [4.69, 9.17) is 0 Å². The fraction of sp³-hybridized carbons (Fsp3) is 0.476. The second-order valence-electron chi connectivity index (χ2n) is 7.56. The first-order valence-corrected chi connectivity index (χ1v) is 10.2. The molecule has 1 fully saturated rings. The summed E-state index contributed by atoms with van der Waals surface area (Å²) in [7, 11) is 0. The summed E-state index contributed by atoms with van der Waals surface area (Å²) in [5.74, 6) is 0.501. The van der Waals surface area contributed by atoms with Crippen molar-refractivity contribution in [3.8, 4) is 5.69 Å². The molecular weight excluding hydrogens is 352 g/mol. The smallest absolute Gasteiger partial charge is 0.263 e. The van der Waals surface area contributed by atoms with Crippen LogP contribution in [0.25, 0.3) is 16.7 Å². The van der Waals surface area contributed by atoms with E-state index in [1.807, 2.05) is 30.3 Å². The third-order valence-corrected chi connectivity index (χ3v) is 5.54. The summed E-state index contributed by atoms with van der Waals surface area (Å²) < 4.78 is 1.70. The van der Waals surface area contributed by atoms with Crippen molar-refractivity contribution in [2.24, 2.45) is 0 Å². The zero-order valence-electron chi connectivity index (χ0n) is 16.4. The normalized spacial score (nSPS) is 17.8. The van der Waals surface area contributed by atoms with Crippen LogP contribution in [0.15, 0.2) is 41.3 Å². The van der Waals surface area contributed by atoms with Crippen molar-refractivity contribution >= 4 is 17.0 Å². The lowest BCUT2D eigenvalue weighted by Gasteiger charge is -2.33. The minimum Gasteiger partial charge on any atom is -0.356 e. The van der Waals surface area contributed by atoms with Crippen LogP contribution in [0.2, 0.25) is 0 Å². The summed E-state index contributed by atoms with van der Waals surface area (Å²) in [6, 6.07) is 10.4. The number of fused-ring (bicyclic) bond motifs is 1. The summed E-state index contributed by atoms with van der Waals surface area (Å²) in [6.07, 6.45) is 7.76. The van der Waals surface area contributed by atoms with Gasteiger partial charge in [-0.05, 0) is 57.8 Å². The van der Waals surface area contributed by atoms with Gasteiger partial charge < -0.3 is 10.2 Å². The van der Waals surface area contributed by atoms with Crippen molar-refractivity contribution in [1.29, 1.82) is 0 Å². The molecule has 0 bridgehead atoms. The van der Waals surface area contributed by atoms with Crippen molar-refractivity contribution in [3.05, 3.63) is 46.9 Å². The predicted molar refractivity (Wildman–Crippen MR) is 112 cm³/mol. The van der Waals surface area contributed by atoms with Gasteiger partial charge in [-0.15, -0.1) is 0 Å². The molecule has 1 aliphatic heterocycles. The Morgan fingerprint density at radius 3 is 2.89 bits per heavy atom. The lowest BCUT2D eigenvalue weighted by molar-refractivity contribution is 0.158. The molecule has 0 radical (unpaired) electrons. The number of hydrogen-bond acceptors (Lipinski definition) is 5. The molecule has 0 amide bonds. The van der Waals surface area contributed by atoms with Gasteiger partial charge in [-0.2, -0.15) is 10.1 Å². The number of H-pyrrole nitrogens is 1. The Bertz CT molecular complexity index is 964. The molecule has 1 aromatic carbocycles. The summed E-state index contributed by atoms with van der Waals surface area (Å²) in [5.41, 5.74) is 1.29. The average Bonchev–Trinajstić information content (AvgIpc) is 3.14. The first-order valence-electron chi connectivity index (χ1n) is 10.2. The van der Waals surface area contributed by atoms with Gasteiger partial charge in [0.25, 0.3) is 5.56 Å². The Morgan fingerprint density at radius 1 is 1.21 bits per heavy atom. The Labute approximate surface area is 164 Å². The Hall–Kier alpha value is -2.67. The van der Waals surface area contributed by atoms with E-state index in [1.165, 1.54) is 25.8 Å². The van der Waals surface area contributed by atoms with E-state index in [0.717, 1.165) is 31.6 Å². The van der Waals surface area contributed by atoms with Crippen molar-refractivity contribution < 1.29 is 0 Å². The van der Waals surface area contributed by atoms with Gasteiger partial charge in [0.2, 0.25) is 5.95 Å². The zero-order valence-corrected chi connectivity index (χ0v) is 16.4. The van der Waals surface area contributed by atoms with Crippen LogP contribution in [0.3, 0.4) is 0 Å². The number of rotatable bonds is 7. The SMILES string of the molecule is CC1CCCCN1CCCCNc1nc2c(cnn2-c2ccccc2)c(=O)[nH]1. The number of para-hydroxylation sites is 1. The molecule has 7 heteroatoms. The zero-order chi connectivity index (χ0) is 19.3. The lowest BCUT2D eigenvalue weighted by Crippen LogP contribution is -2.38. The number of anilines is 1. The highest BCUT2D eigenvalue weighted by Crippen LogP contribution is 2.17. The number of aromatic amines is 1. The number of likely N-dealkylation sites (tertiary alicyclic amines) is 1. The quantitative estimate of drug-likeness (QED) is 0.616. The summed E-state index contributed by atoms with van der Waals surface area (Å²) in [4.78, 5) is 22.4. The van der Waals surface area contributed by atoms with Gasteiger partial charge in [-0.3, -0.25) is 9.78 Å². The van der Waals surface area contributed by atoms with Crippen LogP contribution < -0.4 is 10.9 Å². The first kappa shape index (κ1) is 18.7. The van der Waals surface area contributed by atoms with E-state index in [0.29, 0.717) is 23.0 Å². The van der Waals surface area contributed by atoms with E-state index < -0.39 is 0 Å². The highest BCUT2D eigenvalue weighted by molar-refractivity contribution is 5.76. The molecule has 0 spiro atoms. The highest BCUT2D eigenvalue weighted by Gasteiger charge is 2.17. The molecule has 1 aliphatic rings. The first-order chi connectivity index (χ1) is 13.7. The van der Waals surface area contributed by atoms with Crippen LogP contribution in [0.1, 0.15) is 39.0 Å². The van der Waals surface area contributed by atoms with Gasteiger partial charge in [-0.1, -0.05) is 24.6 Å². The predicted octanol–water partition coefficient (Wildman–Crippen LogP) is 3.18. The number of hydrogen-bond donors (Lipinski definition) is 2. The minimum absolute atomic E-state index is 0.170. The standard InChI is InChI=1S/C21H28N6O/c1-16-9-5-7-13-26(16)14-8-6-12-22-21-24-19-18(20(28)25-21)15-23-27(19)17-10-3-2-4-11-17/h2-4,10-11,15-16H,5-9,12-14H2,1H3,(H2,22,24,25,28). The van der Waals surface area contributed by atoms with Crippen molar-refractivity contribution in [2.75, 3.05) is 25.0 Å². The van der Waals surface area contributed by atoms with Crippen LogP contribution in [-0.4, -0.2) is 50.3 Å². The topological polar surface area (TPSA) is 78.8 Å². The van der Waals surface area contributed by atoms with Crippen LogP contribution in [0, 0.1) is 0 Å². The van der Waals surface area contributed by atoms with Crippen molar-refractivity contribution in [2.45, 2.75) is 45.1 Å². The van der Waals surface area contributed by atoms with E-state index in [-0.39, 0.29) is 5.56 Å². The van der Waals surface area contributed by atoms with Crippen LogP contribution >= 0.6 is 0 Å². The second kappa shape index (κ2) is 8.56. The van der Waals surface area contributed by atoms with E-state index in [9.17, 15) is 4.79 Å². The van der Waals surface area contributed by atoms with E-state index in [1.54, 1.807) is 10.9 Å². The summed E-state index contributed by atoms with van der Waals surface area (Å²) in [5, 5.41) is 8.10. The second-order valence-corrected chi connectivity index (χ2v) is 7.56. The molecule has 3 heterocycles. The molecule has 7 nitrogen and oxygen atoms in total. The molecule has 1 saturated heterocycles. The molecule has 0 aliphatic carbocycles. The fourth-order valence-corrected chi connectivity index (χ4v) is 3.90. The minimum atomic E-state index is -0.170. The number of piperidine rings is 1. The maximum Gasteiger partial charge on any atom is 0.263 e. The number of aromatic nitrogens is 4. The lowest BCUT2D eigenvalue weighted by atomic mass is 10.0. The van der Waals surface area contributed by atoms with E-state index in [2.05, 4.69) is 32.2 Å². The monoisotopic (exact) mass is 380 g/mol. The molecule has 2 N–H and O–H groups in total. The molecule has 1 atom stereocenters. The number of unbranched alkanes of at least 4 members (excludes halogenated alkanes) is 1. The largest absolute Gasteiger partial charge is 0.356 e. The van der Waals surface area contributed by atoms with Gasteiger partial charge >= 0.3 is 0 Å². The van der Waals surface area contributed by atoms with E-state index >= 15 is 0 Å². The molecule has 0 saturated carbocycles. The molecule has 1 unspecified atom stereocenters. The Kier molecular flexibility index (Phi) is 5.71. The van der Waals surface area contributed by atoms with Gasteiger partial charge in [0.05, 0.1) is 11.9 Å². The fourth-order valence-electron chi connectivity index (χ4n) is 3.90. The average molecular weight is 380 g/mol. The van der Waals surface area contributed by atoms with Gasteiger partial charge in [0.1, 0.15) is 5.39 Å². The summed E-state index contributed by atoms with van der Waals surface area (Å²) >= 11 is 0. The molecule has 148 valence electrons. The summed E-state index contributed by atoms with van der Waals surface area (Å²) in [6.45, 7) is 5.49. The number of benzene rings is 1. The third kappa shape index (κ3) is 4.09. The van der Waals surface area contributed by atoms with Crippen LogP contribution in [-0.2, 0) is 0 Å². The van der Waals surface area contributed by atoms with Crippen LogP contribution in [0.5, 0.6) is 0 Å². The molecule has 2 aromatic heterocycles. The Morgan fingerprint density at radius 2 is 2.07 bits per heavy atom. The Balaban J connectivity index is 1.38. The number of nitrogens with zero attached hydrogens (tertiary/aromatic N) is 4. The van der Waals surface area contributed by atoms with Crippen molar-refractivity contribution in [3.63, 3.8) is 0 Å². The maximum absolute atomic E-state index is 12.4.